The van der Waals surface area contributed by atoms with E-state index in [9.17, 15) is 15.0 Å². The molecule has 0 spiro atoms. The first kappa shape index (κ1) is 18.4. The average molecular weight is 382 g/mol. The number of ether oxygens (including phenoxy) is 1. The Morgan fingerprint density at radius 2 is 2.19 bits per heavy atom. The van der Waals surface area contributed by atoms with Gasteiger partial charge < -0.3 is 31.5 Å². The molecule has 12 heteroatoms. The largest absolute Gasteiger partial charge is 0.480 e. The number of carbonyl (C=O) groups is 1. The lowest BCUT2D eigenvalue weighted by Crippen LogP contribution is -2.30. The van der Waals surface area contributed by atoms with Crippen LogP contribution in [0.5, 0.6) is 0 Å². The van der Waals surface area contributed by atoms with Crippen LogP contribution in [-0.4, -0.2) is 64.8 Å². The number of rotatable bonds is 6. The monoisotopic (exact) mass is 382 g/mol. The van der Waals surface area contributed by atoms with Crippen LogP contribution in [0.3, 0.4) is 0 Å². The lowest BCUT2D eigenvalue weighted by molar-refractivity contribution is -0.138. The summed E-state index contributed by atoms with van der Waals surface area (Å²) in [6, 6.07) is -0.948. The highest BCUT2D eigenvalue weighted by molar-refractivity contribution is 8.02. The summed E-state index contributed by atoms with van der Waals surface area (Å²) in [7, 11) is 0. The molecule has 0 aromatic carbocycles. The third-order valence-corrected chi connectivity index (χ3v) is 4.76. The number of nitrogens with two attached hydrogens (primary N) is 2. The topological polar surface area (TPSA) is 183 Å². The highest BCUT2D eigenvalue weighted by atomic mass is 32.2. The van der Waals surface area contributed by atoms with Gasteiger partial charge in [-0.15, -0.1) is 11.8 Å². The predicted octanol–water partition coefficient (Wildman–Crippen LogP) is -0.964. The molecule has 2 aromatic heterocycles. The van der Waals surface area contributed by atoms with Crippen molar-refractivity contribution < 1.29 is 24.9 Å². The third kappa shape index (κ3) is 3.44. The van der Waals surface area contributed by atoms with E-state index < -0.39 is 30.4 Å². The zero-order valence-electron chi connectivity index (χ0n) is 13.5. The Morgan fingerprint density at radius 1 is 1.42 bits per heavy atom. The molecular weight excluding hydrogens is 364 g/mol. The Hall–Kier alpha value is -2.41. The van der Waals surface area contributed by atoms with Gasteiger partial charge in [0.15, 0.2) is 11.5 Å². The Kier molecular flexibility index (Phi) is 5.27. The standard InChI is InChI=1S/C14H18N6O5S/c15-6(14(23)24)1-2-26-3-7-9(21)10(22)13(25-7)20-5-19-8-11(16)17-4-18-12(8)20/h3-6,9-10,13,21-22H,1-2,15H2,(H,23,24)(H2,16,17,18)/b7-3+/t6-,9+,10+,13+/m0/s1. The molecular formula is C14H18N6O5S. The molecule has 11 nitrogen and oxygen atoms in total. The van der Waals surface area contributed by atoms with Crippen LogP contribution in [0, 0.1) is 0 Å². The number of thioether (sulfide) groups is 1. The zero-order valence-corrected chi connectivity index (χ0v) is 14.3. The maximum Gasteiger partial charge on any atom is 0.320 e. The Morgan fingerprint density at radius 3 is 2.92 bits per heavy atom. The fraction of sp³-hybridized carbons (Fsp3) is 0.429. The van der Waals surface area contributed by atoms with Gasteiger partial charge in [0, 0.05) is 5.41 Å². The second-order valence-electron chi connectivity index (χ2n) is 5.65. The highest BCUT2D eigenvalue weighted by Gasteiger charge is 2.41. The van der Waals surface area contributed by atoms with Crippen LogP contribution in [0.1, 0.15) is 12.6 Å². The molecule has 3 heterocycles. The minimum Gasteiger partial charge on any atom is -0.480 e. The molecule has 26 heavy (non-hydrogen) atoms. The first-order valence-corrected chi connectivity index (χ1v) is 8.71. The van der Waals surface area contributed by atoms with E-state index in [0.29, 0.717) is 16.9 Å². The van der Waals surface area contributed by atoms with Gasteiger partial charge in [0.25, 0.3) is 0 Å². The number of aliphatic carboxylic acids is 1. The summed E-state index contributed by atoms with van der Waals surface area (Å²) in [4.78, 5) is 22.7. The number of imidazole rings is 1. The number of fused-ring (bicyclic) bond motifs is 1. The van der Waals surface area contributed by atoms with E-state index in [2.05, 4.69) is 15.0 Å². The van der Waals surface area contributed by atoms with Crippen LogP contribution in [0.2, 0.25) is 0 Å². The number of nitrogens with zero attached hydrogens (tertiary/aromatic N) is 4. The van der Waals surface area contributed by atoms with Crippen LogP contribution >= 0.6 is 11.8 Å². The number of aromatic nitrogens is 4. The molecule has 1 saturated heterocycles. The third-order valence-electron chi connectivity index (χ3n) is 3.89. The number of carboxylic acids is 1. The molecule has 0 aliphatic carbocycles. The van der Waals surface area contributed by atoms with Crippen molar-refractivity contribution in [3.8, 4) is 0 Å². The van der Waals surface area contributed by atoms with Gasteiger partial charge in [-0.05, 0) is 12.2 Å². The predicted molar refractivity (Wildman–Crippen MR) is 92.6 cm³/mol. The van der Waals surface area contributed by atoms with E-state index in [1.54, 1.807) is 0 Å². The van der Waals surface area contributed by atoms with Gasteiger partial charge in [0.1, 0.15) is 42.2 Å². The first-order valence-electron chi connectivity index (χ1n) is 7.66. The van der Waals surface area contributed by atoms with Crippen molar-refractivity contribution >= 4 is 34.7 Å². The number of carboxylic acid groups (broad SMARTS) is 1. The Labute approximate surface area is 151 Å². The van der Waals surface area contributed by atoms with Crippen LogP contribution in [-0.2, 0) is 9.53 Å². The van der Waals surface area contributed by atoms with E-state index in [1.165, 1.54) is 34.4 Å². The van der Waals surface area contributed by atoms with Crippen molar-refractivity contribution in [3.63, 3.8) is 0 Å². The smallest absolute Gasteiger partial charge is 0.320 e. The average Bonchev–Trinajstić information content (AvgIpc) is 3.15. The van der Waals surface area contributed by atoms with Gasteiger partial charge in [-0.1, -0.05) is 0 Å². The summed E-state index contributed by atoms with van der Waals surface area (Å²) in [5.74, 6) is -0.284. The van der Waals surface area contributed by atoms with E-state index in [1.807, 2.05) is 0 Å². The molecule has 0 radical (unpaired) electrons. The number of nitrogen functional groups attached to an aromatic ring is 1. The molecule has 1 aliphatic heterocycles. The quantitative estimate of drug-likeness (QED) is 0.388. The summed E-state index contributed by atoms with van der Waals surface area (Å²) < 4.78 is 7.11. The second kappa shape index (κ2) is 7.45. The molecule has 1 fully saturated rings. The van der Waals surface area contributed by atoms with Gasteiger partial charge in [-0.25, -0.2) is 15.0 Å². The van der Waals surface area contributed by atoms with Crippen LogP contribution < -0.4 is 11.5 Å². The number of anilines is 1. The van der Waals surface area contributed by atoms with Crippen molar-refractivity contribution in [2.24, 2.45) is 5.73 Å². The van der Waals surface area contributed by atoms with Crippen molar-refractivity contribution in [3.05, 3.63) is 23.8 Å². The fourth-order valence-electron chi connectivity index (χ4n) is 2.44. The number of aliphatic hydroxyl groups is 2. The minimum atomic E-state index is -1.24. The summed E-state index contributed by atoms with van der Waals surface area (Å²) >= 11 is 1.24. The van der Waals surface area contributed by atoms with E-state index >= 15 is 0 Å². The molecule has 0 amide bonds. The van der Waals surface area contributed by atoms with Gasteiger partial charge in [-0.3, -0.25) is 9.36 Å². The molecule has 3 rings (SSSR count). The molecule has 4 atom stereocenters. The summed E-state index contributed by atoms with van der Waals surface area (Å²) in [5.41, 5.74) is 11.9. The van der Waals surface area contributed by atoms with Crippen molar-refractivity contribution in [1.82, 2.24) is 19.5 Å². The van der Waals surface area contributed by atoms with Gasteiger partial charge in [0.2, 0.25) is 6.23 Å². The van der Waals surface area contributed by atoms with E-state index in [0.717, 1.165) is 0 Å². The molecule has 0 saturated carbocycles. The maximum atomic E-state index is 10.7. The molecule has 7 N–H and O–H groups in total. The molecule has 0 unspecified atom stereocenters. The van der Waals surface area contributed by atoms with E-state index in [4.69, 9.17) is 21.3 Å². The second-order valence-corrected chi connectivity index (χ2v) is 6.63. The van der Waals surface area contributed by atoms with Crippen LogP contribution in [0.15, 0.2) is 23.8 Å². The van der Waals surface area contributed by atoms with Gasteiger partial charge in [0.05, 0.1) is 0 Å². The van der Waals surface area contributed by atoms with Crippen LogP contribution in [0.4, 0.5) is 5.82 Å². The van der Waals surface area contributed by atoms with Crippen molar-refractivity contribution in [2.75, 3.05) is 11.5 Å². The zero-order chi connectivity index (χ0) is 18.8. The first-order chi connectivity index (χ1) is 12.4. The summed E-state index contributed by atoms with van der Waals surface area (Å²) in [6.45, 7) is 0. The normalized spacial score (nSPS) is 25.5. The molecule has 0 bridgehead atoms. The molecule has 1 aliphatic rings. The number of aliphatic hydroxyl groups excluding tert-OH is 2. The van der Waals surface area contributed by atoms with Crippen molar-refractivity contribution in [1.29, 1.82) is 0 Å². The number of hydrogen-bond acceptors (Lipinski definition) is 10. The summed E-state index contributed by atoms with van der Waals surface area (Å²) in [6.07, 6.45) is -0.482. The summed E-state index contributed by atoms with van der Waals surface area (Å²) in [5, 5.41) is 30.8. The lowest BCUT2D eigenvalue weighted by Gasteiger charge is -2.15. The Balaban J connectivity index is 1.72. The van der Waals surface area contributed by atoms with E-state index in [-0.39, 0.29) is 18.0 Å². The SMILES string of the molecule is Nc1ncnc2c1ncn2[C@@H]1O/C(=C/SCC[C@H](N)C(=O)O)[C@@H](O)[C@H]1O. The molecule has 140 valence electrons. The lowest BCUT2D eigenvalue weighted by atomic mass is 10.2. The highest BCUT2D eigenvalue weighted by Crippen LogP contribution is 2.35. The Bertz CT molecular complexity index is 842. The van der Waals surface area contributed by atoms with Gasteiger partial charge >= 0.3 is 5.97 Å². The van der Waals surface area contributed by atoms with Gasteiger partial charge in [-0.2, -0.15) is 0 Å². The number of hydrogen-bond donors (Lipinski definition) is 5. The fourth-order valence-corrected chi connectivity index (χ4v) is 3.30. The van der Waals surface area contributed by atoms with Crippen LogP contribution in [0.25, 0.3) is 11.2 Å². The molecule has 2 aromatic rings. The van der Waals surface area contributed by atoms with Crippen molar-refractivity contribution in [2.45, 2.75) is 30.9 Å². The maximum absolute atomic E-state index is 10.7. The minimum absolute atomic E-state index is 0.167.